The monoisotopic (exact) mass is 529 g/mol. The summed E-state index contributed by atoms with van der Waals surface area (Å²) in [6.07, 6.45) is 1.52. The van der Waals surface area contributed by atoms with E-state index in [9.17, 15) is 13.2 Å². The molecular formula is C24H20BrNO6S. The van der Waals surface area contributed by atoms with Gasteiger partial charge in [0.05, 0.1) is 31.4 Å². The highest BCUT2D eigenvalue weighted by molar-refractivity contribution is 9.10. The highest BCUT2D eigenvalue weighted by atomic mass is 79.9. The first-order valence-corrected chi connectivity index (χ1v) is 12.2. The van der Waals surface area contributed by atoms with Crippen LogP contribution in [0.3, 0.4) is 0 Å². The lowest BCUT2D eigenvalue weighted by Gasteiger charge is -2.22. The molecule has 0 saturated carbocycles. The van der Waals surface area contributed by atoms with Crippen LogP contribution >= 0.6 is 15.9 Å². The van der Waals surface area contributed by atoms with Gasteiger partial charge in [-0.15, -0.1) is 0 Å². The second-order valence-corrected chi connectivity index (χ2v) is 9.92. The quantitative estimate of drug-likeness (QED) is 0.307. The van der Waals surface area contributed by atoms with Crippen LogP contribution in [-0.4, -0.2) is 26.3 Å². The highest BCUT2D eigenvalue weighted by Crippen LogP contribution is 2.26. The summed E-state index contributed by atoms with van der Waals surface area (Å²) in [4.78, 5) is 14.9. The summed E-state index contributed by atoms with van der Waals surface area (Å²) in [5.74, 6) is 0.641. The van der Waals surface area contributed by atoms with Crippen molar-refractivity contribution in [3.63, 3.8) is 0 Å². The summed E-state index contributed by atoms with van der Waals surface area (Å²) in [5, 5.41) is -0.302. The van der Waals surface area contributed by atoms with Crippen LogP contribution < -0.4 is 4.74 Å². The zero-order valence-electron chi connectivity index (χ0n) is 17.6. The van der Waals surface area contributed by atoms with Crippen LogP contribution in [0.2, 0.25) is 0 Å². The minimum atomic E-state index is -3.91. The number of rotatable bonds is 8. The molecule has 0 N–H and O–H groups in total. The Hall–Kier alpha value is -3.30. The van der Waals surface area contributed by atoms with Crippen LogP contribution in [0.25, 0.3) is 0 Å². The zero-order valence-corrected chi connectivity index (χ0v) is 20.0. The molecule has 33 heavy (non-hydrogen) atoms. The third-order valence-electron chi connectivity index (χ3n) is 4.95. The van der Waals surface area contributed by atoms with Gasteiger partial charge in [0, 0.05) is 10.0 Å². The molecule has 2 heterocycles. The van der Waals surface area contributed by atoms with E-state index >= 15 is 0 Å². The summed E-state index contributed by atoms with van der Waals surface area (Å²) in [6, 6.07) is 19.7. The van der Waals surface area contributed by atoms with Crippen LogP contribution in [0.4, 0.5) is 0 Å². The first-order chi connectivity index (χ1) is 15.9. The number of carbonyl (C=O) groups excluding carboxylic acids is 1. The van der Waals surface area contributed by atoms with Gasteiger partial charge in [-0.1, -0.05) is 34.1 Å². The lowest BCUT2D eigenvalue weighted by molar-refractivity contribution is 0.0678. The van der Waals surface area contributed by atoms with Gasteiger partial charge in [-0.2, -0.15) is 0 Å². The number of halogens is 1. The van der Waals surface area contributed by atoms with E-state index in [2.05, 4.69) is 15.9 Å². The fourth-order valence-electron chi connectivity index (χ4n) is 3.29. The van der Waals surface area contributed by atoms with Crippen molar-refractivity contribution in [2.75, 3.05) is 7.11 Å². The summed E-state index contributed by atoms with van der Waals surface area (Å²) >= 11 is 3.28. The lowest BCUT2D eigenvalue weighted by atomic mass is 10.1. The normalized spacial score (nSPS) is 11.3. The Bertz CT molecular complexity index is 1340. The fourth-order valence-corrected chi connectivity index (χ4v) is 4.73. The maximum absolute atomic E-state index is 13.3. The summed E-state index contributed by atoms with van der Waals surface area (Å²) in [6.45, 7) is 0.373. The van der Waals surface area contributed by atoms with Crippen LogP contribution in [-0.2, 0) is 22.9 Å². The van der Waals surface area contributed by atoms with Gasteiger partial charge in [0.25, 0.3) is 5.91 Å². The number of amides is 1. The van der Waals surface area contributed by atoms with E-state index in [1.165, 1.54) is 35.4 Å². The van der Waals surface area contributed by atoms with Crippen LogP contribution in [0.1, 0.15) is 21.9 Å². The number of para-hydroxylation sites is 1. The van der Waals surface area contributed by atoms with Gasteiger partial charge >= 0.3 is 0 Å². The average molecular weight is 530 g/mol. The first kappa shape index (κ1) is 22.9. The van der Waals surface area contributed by atoms with Gasteiger partial charge in [0.15, 0.2) is 5.76 Å². The molecule has 4 aromatic rings. The van der Waals surface area contributed by atoms with Gasteiger partial charge in [-0.3, -0.25) is 4.79 Å². The van der Waals surface area contributed by atoms with Gasteiger partial charge in [0.2, 0.25) is 14.9 Å². The van der Waals surface area contributed by atoms with Crippen molar-refractivity contribution in [2.45, 2.75) is 23.1 Å². The van der Waals surface area contributed by atoms with E-state index < -0.39 is 15.7 Å². The fraction of sp³-hybridized carbons (Fsp3) is 0.125. The molecule has 9 heteroatoms. The average Bonchev–Trinajstić information content (AvgIpc) is 3.51. The second-order valence-electron chi connectivity index (χ2n) is 7.13. The number of furan rings is 2. The van der Waals surface area contributed by atoms with Crippen LogP contribution in [0, 0.1) is 0 Å². The Morgan fingerprint density at radius 1 is 0.970 bits per heavy atom. The number of carbonyl (C=O) groups is 1. The zero-order chi connectivity index (χ0) is 23.4. The smallest absolute Gasteiger partial charge is 0.290 e. The number of hydrogen-bond donors (Lipinski definition) is 0. The predicted octanol–water partition coefficient (Wildman–Crippen LogP) is 5.32. The molecule has 0 saturated heterocycles. The van der Waals surface area contributed by atoms with E-state index in [-0.39, 0.29) is 28.8 Å². The van der Waals surface area contributed by atoms with Crippen molar-refractivity contribution in [2.24, 2.45) is 0 Å². The van der Waals surface area contributed by atoms with Crippen molar-refractivity contribution in [1.82, 2.24) is 4.90 Å². The molecule has 1 amide bonds. The van der Waals surface area contributed by atoms with Crippen LogP contribution in [0.15, 0.2) is 102 Å². The predicted molar refractivity (Wildman–Crippen MR) is 124 cm³/mol. The lowest BCUT2D eigenvalue weighted by Crippen LogP contribution is -2.30. The molecule has 0 aliphatic rings. The standard InChI is InChI=1S/C24H20BrNO6S/c1-30-21-7-3-2-5-17(21)15-26(16-19-6-4-14-31-19)24(27)22-12-13-23(32-22)33(28,29)20-10-8-18(25)9-11-20/h2-14H,15-16H2,1H3. The number of ether oxygens (including phenoxy) is 1. The van der Waals surface area contributed by atoms with Crippen molar-refractivity contribution in [1.29, 1.82) is 0 Å². The number of sulfone groups is 1. The van der Waals surface area contributed by atoms with E-state index in [4.69, 9.17) is 13.6 Å². The van der Waals surface area contributed by atoms with Gasteiger partial charge < -0.3 is 18.5 Å². The minimum absolute atomic E-state index is 0.0699. The molecule has 0 fully saturated rings. The van der Waals surface area contributed by atoms with E-state index in [0.29, 0.717) is 11.5 Å². The van der Waals surface area contributed by atoms with E-state index in [1.807, 2.05) is 18.2 Å². The number of methoxy groups -OCH3 is 1. The molecule has 0 aliphatic carbocycles. The first-order valence-electron chi connectivity index (χ1n) is 9.92. The molecule has 2 aromatic heterocycles. The number of benzene rings is 2. The Balaban J connectivity index is 1.64. The van der Waals surface area contributed by atoms with E-state index in [0.717, 1.165) is 10.0 Å². The molecule has 170 valence electrons. The molecule has 0 radical (unpaired) electrons. The van der Waals surface area contributed by atoms with Gasteiger partial charge in [-0.05, 0) is 54.6 Å². The largest absolute Gasteiger partial charge is 0.496 e. The molecule has 0 bridgehead atoms. The molecule has 0 aliphatic heterocycles. The maximum atomic E-state index is 13.3. The second kappa shape index (κ2) is 9.68. The Morgan fingerprint density at radius 2 is 1.73 bits per heavy atom. The third kappa shape index (κ3) is 5.04. The number of nitrogens with zero attached hydrogens (tertiary/aromatic N) is 1. The topological polar surface area (TPSA) is 90.0 Å². The van der Waals surface area contributed by atoms with Gasteiger partial charge in [-0.25, -0.2) is 8.42 Å². The Labute approximate surface area is 199 Å². The molecule has 2 aromatic carbocycles. The summed E-state index contributed by atoms with van der Waals surface area (Å²) in [7, 11) is -2.35. The van der Waals surface area contributed by atoms with Crippen LogP contribution in [0.5, 0.6) is 5.75 Å². The third-order valence-corrected chi connectivity index (χ3v) is 7.12. The molecule has 4 rings (SSSR count). The van der Waals surface area contributed by atoms with Crippen molar-refractivity contribution in [3.05, 3.63) is 101 Å². The minimum Gasteiger partial charge on any atom is -0.496 e. The Kier molecular flexibility index (Phi) is 6.71. The highest BCUT2D eigenvalue weighted by Gasteiger charge is 2.27. The number of hydrogen-bond acceptors (Lipinski definition) is 6. The summed E-state index contributed by atoms with van der Waals surface area (Å²) < 4.78 is 42.9. The molecule has 0 spiro atoms. The summed E-state index contributed by atoms with van der Waals surface area (Å²) in [5.41, 5.74) is 0.786. The van der Waals surface area contributed by atoms with Gasteiger partial charge in [0.1, 0.15) is 11.5 Å². The molecular weight excluding hydrogens is 510 g/mol. The Morgan fingerprint density at radius 3 is 2.42 bits per heavy atom. The molecule has 0 unspecified atom stereocenters. The SMILES string of the molecule is COc1ccccc1CN(Cc1ccco1)C(=O)c1ccc(S(=O)(=O)c2ccc(Br)cc2)o1. The molecule has 0 atom stereocenters. The maximum Gasteiger partial charge on any atom is 0.290 e. The van der Waals surface area contributed by atoms with Crippen molar-refractivity contribution < 1.29 is 26.8 Å². The van der Waals surface area contributed by atoms with Crippen molar-refractivity contribution >= 4 is 31.7 Å². The van der Waals surface area contributed by atoms with E-state index in [1.54, 1.807) is 37.4 Å². The van der Waals surface area contributed by atoms with Crippen molar-refractivity contribution in [3.8, 4) is 5.75 Å². The molecule has 7 nitrogen and oxygen atoms in total.